The Balaban J connectivity index is 0.00000169. The molecule has 5 heteroatoms. The lowest BCUT2D eigenvalue weighted by Crippen LogP contribution is -2.10. The van der Waals surface area contributed by atoms with Crippen LogP contribution in [0.25, 0.3) is 0 Å². The molecule has 0 spiro atoms. The van der Waals surface area contributed by atoms with Crippen molar-refractivity contribution in [2.24, 2.45) is 5.73 Å². The van der Waals surface area contributed by atoms with E-state index in [9.17, 15) is 0 Å². The second-order valence-electron chi connectivity index (χ2n) is 2.88. The number of hydrogen-bond donors (Lipinski definition) is 2. The van der Waals surface area contributed by atoms with Crippen molar-refractivity contribution in [1.82, 2.24) is 4.98 Å². The highest BCUT2D eigenvalue weighted by Gasteiger charge is 2.05. The molecule has 0 saturated heterocycles. The molecular formula is C9H14BrClN2O. The molecule has 3 N–H and O–H groups in total. The van der Waals surface area contributed by atoms with Gasteiger partial charge in [-0.1, -0.05) is 0 Å². The Hall–Kier alpha value is -0.160. The third-order valence-corrected chi connectivity index (χ3v) is 2.29. The molecule has 0 aliphatic carbocycles. The molecule has 0 saturated carbocycles. The first-order valence-corrected chi connectivity index (χ1v) is 5.01. The number of hydrogen-bond acceptors (Lipinski definition) is 3. The molecule has 1 aromatic rings. The van der Waals surface area contributed by atoms with Crippen molar-refractivity contribution in [3.63, 3.8) is 0 Å². The highest BCUT2D eigenvalue weighted by molar-refractivity contribution is 9.10. The standard InChI is InChI=1S/C9H13BrN2O.ClH/c10-9-6-7(3-4-12-9)8(11)2-1-5-13;/h3-4,6,8,13H,1-2,5,11H2;1H/t8-;/m1./s1. The number of aliphatic hydroxyl groups is 1. The van der Waals surface area contributed by atoms with Crippen LogP contribution in [0.4, 0.5) is 0 Å². The molecule has 0 unspecified atom stereocenters. The van der Waals surface area contributed by atoms with Gasteiger partial charge in [-0.05, 0) is 46.5 Å². The zero-order valence-corrected chi connectivity index (χ0v) is 10.1. The smallest absolute Gasteiger partial charge is 0.106 e. The number of nitrogens with zero attached hydrogens (tertiary/aromatic N) is 1. The molecule has 0 aromatic carbocycles. The molecule has 0 amide bonds. The topological polar surface area (TPSA) is 59.1 Å². The Morgan fingerprint density at radius 2 is 2.29 bits per heavy atom. The van der Waals surface area contributed by atoms with Crippen LogP contribution >= 0.6 is 28.3 Å². The molecule has 1 heterocycles. The van der Waals surface area contributed by atoms with Crippen LogP contribution in [-0.4, -0.2) is 16.7 Å². The van der Waals surface area contributed by atoms with Crippen LogP contribution in [-0.2, 0) is 0 Å². The van der Waals surface area contributed by atoms with Gasteiger partial charge in [0.1, 0.15) is 4.60 Å². The second-order valence-corrected chi connectivity index (χ2v) is 3.70. The highest BCUT2D eigenvalue weighted by atomic mass is 79.9. The van der Waals surface area contributed by atoms with Crippen LogP contribution in [0, 0.1) is 0 Å². The van der Waals surface area contributed by atoms with Crippen LogP contribution in [0.1, 0.15) is 24.4 Å². The molecule has 0 aliphatic rings. The molecule has 3 nitrogen and oxygen atoms in total. The predicted octanol–water partition coefficient (Wildman–Crippen LogP) is 2.04. The third-order valence-electron chi connectivity index (χ3n) is 1.85. The molecular weight excluding hydrogens is 267 g/mol. The minimum absolute atomic E-state index is 0. The van der Waals surface area contributed by atoms with E-state index in [1.54, 1.807) is 6.20 Å². The predicted molar refractivity (Wildman–Crippen MR) is 62.4 cm³/mol. The molecule has 0 aliphatic heterocycles. The summed E-state index contributed by atoms with van der Waals surface area (Å²) in [7, 11) is 0. The molecule has 0 radical (unpaired) electrons. The Labute approximate surface area is 98.3 Å². The van der Waals surface area contributed by atoms with Gasteiger partial charge in [0.2, 0.25) is 0 Å². The normalized spacial score (nSPS) is 11.9. The van der Waals surface area contributed by atoms with Gasteiger partial charge in [0.05, 0.1) is 0 Å². The van der Waals surface area contributed by atoms with Gasteiger partial charge in [0.25, 0.3) is 0 Å². The fourth-order valence-corrected chi connectivity index (χ4v) is 1.51. The Kier molecular flexibility index (Phi) is 7.09. The summed E-state index contributed by atoms with van der Waals surface area (Å²) >= 11 is 3.28. The van der Waals surface area contributed by atoms with Gasteiger partial charge in [0.15, 0.2) is 0 Å². The SMILES string of the molecule is Cl.N[C@H](CCCO)c1ccnc(Br)c1. The van der Waals surface area contributed by atoms with Gasteiger partial charge in [-0.3, -0.25) is 0 Å². The van der Waals surface area contributed by atoms with Gasteiger partial charge in [-0.2, -0.15) is 0 Å². The Morgan fingerprint density at radius 3 is 2.86 bits per heavy atom. The van der Waals surface area contributed by atoms with E-state index in [1.807, 2.05) is 12.1 Å². The van der Waals surface area contributed by atoms with Gasteiger partial charge >= 0.3 is 0 Å². The summed E-state index contributed by atoms with van der Waals surface area (Å²) in [6.45, 7) is 0.194. The lowest BCUT2D eigenvalue weighted by Gasteiger charge is -2.10. The summed E-state index contributed by atoms with van der Waals surface area (Å²) in [6.07, 6.45) is 3.26. The monoisotopic (exact) mass is 280 g/mol. The van der Waals surface area contributed by atoms with Gasteiger partial charge in [-0.15, -0.1) is 12.4 Å². The number of rotatable bonds is 4. The lowest BCUT2D eigenvalue weighted by atomic mass is 10.1. The molecule has 1 aromatic heterocycles. The average Bonchev–Trinajstić information content (AvgIpc) is 2.14. The van der Waals surface area contributed by atoms with E-state index in [2.05, 4.69) is 20.9 Å². The van der Waals surface area contributed by atoms with Crippen molar-refractivity contribution in [3.05, 3.63) is 28.5 Å². The van der Waals surface area contributed by atoms with E-state index in [4.69, 9.17) is 10.8 Å². The maximum absolute atomic E-state index is 8.64. The zero-order chi connectivity index (χ0) is 9.68. The van der Waals surface area contributed by atoms with Crippen LogP contribution in [0.2, 0.25) is 0 Å². The Morgan fingerprint density at radius 1 is 1.57 bits per heavy atom. The van der Waals surface area contributed by atoms with Crippen molar-refractivity contribution in [2.75, 3.05) is 6.61 Å². The summed E-state index contributed by atoms with van der Waals surface area (Å²) in [5.41, 5.74) is 6.94. The van der Waals surface area contributed by atoms with Crippen molar-refractivity contribution in [1.29, 1.82) is 0 Å². The molecule has 0 bridgehead atoms. The first-order valence-electron chi connectivity index (χ1n) is 4.22. The molecule has 1 rings (SSSR count). The van der Waals surface area contributed by atoms with Crippen LogP contribution in [0.3, 0.4) is 0 Å². The number of nitrogens with two attached hydrogens (primary N) is 1. The summed E-state index contributed by atoms with van der Waals surface area (Å²) in [5, 5.41) is 8.64. The fraction of sp³-hybridized carbons (Fsp3) is 0.444. The third kappa shape index (κ3) is 4.37. The van der Waals surface area contributed by atoms with Crippen molar-refractivity contribution in [3.8, 4) is 0 Å². The fourth-order valence-electron chi connectivity index (χ4n) is 1.13. The minimum atomic E-state index is -0.00792. The maximum Gasteiger partial charge on any atom is 0.106 e. The molecule has 80 valence electrons. The number of aromatic nitrogens is 1. The lowest BCUT2D eigenvalue weighted by molar-refractivity contribution is 0.280. The largest absolute Gasteiger partial charge is 0.396 e. The van der Waals surface area contributed by atoms with E-state index < -0.39 is 0 Å². The van der Waals surface area contributed by atoms with Crippen LogP contribution in [0.15, 0.2) is 22.9 Å². The summed E-state index contributed by atoms with van der Waals surface area (Å²) in [6, 6.07) is 3.79. The average molecular weight is 282 g/mol. The van der Waals surface area contributed by atoms with E-state index in [0.29, 0.717) is 0 Å². The van der Waals surface area contributed by atoms with Crippen molar-refractivity contribution >= 4 is 28.3 Å². The molecule has 0 fully saturated rings. The van der Waals surface area contributed by atoms with Gasteiger partial charge in [-0.25, -0.2) is 4.98 Å². The van der Waals surface area contributed by atoms with Crippen LogP contribution < -0.4 is 5.73 Å². The Bertz CT molecular complexity index is 273. The number of pyridine rings is 1. The maximum atomic E-state index is 8.64. The zero-order valence-electron chi connectivity index (χ0n) is 7.69. The summed E-state index contributed by atoms with van der Waals surface area (Å²) in [4.78, 5) is 4.01. The first kappa shape index (κ1) is 13.8. The summed E-state index contributed by atoms with van der Waals surface area (Å²) < 4.78 is 0.796. The summed E-state index contributed by atoms with van der Waals surface area (Å²) in [5.74, 6) is 0. The van der Waals surface area contributed by atoms with Gasteiger partial charge < -0.3 is 10.8 Å². The van der Waals surface area contributed by atoms with E-state index in [1.165, 1.54) is 0 Å². The highest BCUT2D eigenvalue weighted by Crippen LogP contribution is 2.17. The van der Waals surface area contributed by atoms with E-state index >= 15 is 0 Å². The van der Waals surface area contributed by atoms with Crippen molar-refractivity contribution < 1.29 is 5.11 Å². The van der Waals surface area contributed by atoms with Gasteiger partial charge in [0, 0.05) is 18.8 Å². The molecule has 1 atom stereocenters. The molecule has 14 heavy (non-hydrogen) atoms. The minimum Gasteiger partial charge on any atom is -0.396 e. The van der Waals surface area contributed by atoms with E-state index in [0.717, 1.165) is 23.0 Å². The van der Waals surface area contributed by atoms with E-state index in [-0.39, 0.29) is 25.1 Å². The van der Waals surface area contributed by atoms with Crippen molar-refractivity contribution in [2.45, 2.75) is 18.9 Å². The number of aliphatic hydroxyl groups excluding tert-OH is 1. The first-order chi connectivity index (χ1) is 6.24. The second kappa shape index (κ2) is 7.17. The van der Waals surface area contributed by atoms with Crippen LogP contribution in [0.5, 0.6) is 0 Å². The quantitative estimate of drug-likeness (QED) is 0.830. The number of halogens is 2.